The Labute approximate surface area is 171 Å². The van der Waals surface area contributed by atoms with Crippen LogP contribution in [0.25, 0.3) is 5.76 Å². The maximum atomic E-state index is 11.7. The van der Waals surface area contributed by atoms with Crippen molar-refractivity contribution in [3.8, 4) is 0 Å². The summed E-state index contributed by atoms with van der Waals surface area (Å²) in [6.45, 7) is 7.00. The summed E-state index contributed by atoms with van der Waals surface area (Å²) < 4.78 is 46.9. The lowest BCUT2D eigenvalue weighted by Gasteiger charge is -2.31. The molecular formula is C16H23BO10P2-2. The van der Waals surface area contributed by atoms with Crippen LogP contribution >= 0.6 is 15.6 Å². The van der Waals surface area contributed by atoms with Gasteiger partial charge in [-0.05, 0) is 0 Å². The Balaban J connectivity index is 0.00000204. The topological polar surface area (TPSA) is 147 Å². The second-order valence-electron chi connectivity index (χ2n) is 5.47. The number of hydrogen-bond acceptors (Lipinski definition) is 9. The fourth-order valence-corrected chi connectivity index (χ4v) is 3.34. The van der Waals surface area contributed by atoms with Crippen molar-refractivity contribution < 1.29 is 46.9 Å². The Morgan fingerprint density at radius 3 is 2.34 bits per heavy atom. The third-order valence-corrected chi connectivity index (χ3v) is 5.02. The predicted molar refractivity (Wildman–Crippen MR) is 101 cm³/mol. The lowest BCUT2D eigenvalue weighted by Crippen LogP contribution is -2.39. The Bertz CT molecular complexity index is 740. The van der Waals surface area contributed by atoms with E-state index in [0.29, 0.717) is 5.56 Å². The van der Waals surface area contributed by atoms with Gasteiger partial charge in [0.1, 0.15) is 31.9 Å². The van der Waals surface area contributed by atoms with E-state index >= 15 is 0 Å². The van der Waals surface area contributed by atoms with Crippen molar-refractivity contribution >= 4 is 29.3 Å². The fourth-order valence-electron chi connectivity index (χ4n) is 2.37. The van der Waals surface area contributed by atoms with Crippen LogP contribution in [-0.2, 0) is 32.2 Å². The molecule has 29 heavy (non-hydrogen) atoms. The molecule has 3 unspecified atom stereocenters. The Kier molecular flexibility index (Phi) is 10.2. The number of ether oxygens (including phenoxy) is 2. The standard InChI is InChI=1S/C14H19BO10P2.C2H6/c1-9(10-6-4-3-5-7-10)23-13-12(25-27(19,20)21-2)11(24-14(13)15)8-22-26(16,17)18;1-2/h3-7,11-14H,1,8H2,2H3,(H,19,20)(H2,16,17,18);1-2H3/p-2/t11-,12?,13+,14-;/m1./s1. The van der Waals surface area contributed by atoms with E-state index in [0.717, 1.165) is 7.11 Å². The van der Waals surface area contributed by atoms with E-state index in [1.807, 2.05) is 13.8 Å². The van der Waals surface area contributed by atoms with Crippen LogP contribution in [0.2, 0.25) is 0 Å². The molecule has 0 amide bonds. The summed E-state index contributed by atoms with van der Waals surface area (Å²) in [5.41, 5.74) is 0.597. The van der Waals surface area contributed by atoms with Crippen LogP contribution in [0.5, 0.6) is 0 Å². The predicted octanol–water partition coefficient (Wildman–Crippen LogP) is 0.939. The lowest BCUT2D eigenvalue weighted by molar-refractivity contribution is -0.232. The highest BCUT2D eigenvalue weighted by Gasteiger charge is 2.47. The molecule has 2 rings (SSSR count). The van der Waals surface area contributed by atoms with E-state index in [-0.39, 0.29) is 5.76 Å². The Morgan fingerprint density at radius 2 is 1.83 bits per heavy atom. The van der Waals surface area contributed by atoms with Gasteiger partial charge in [0.05, 0.1) is 12.6 Å². The third kappa shape index (κ3) is 8.34. The molecule has 1 aromatic carbocycles. The van der Waals surface area contributed by atoms with Crippen LogP contribution in [0.1, 0.15) is 19.4 Å². The number of benzene rings is 1. The van der Waals surface area contributed by atoms with E-state index < -0.39 is 46.6 Å². The minimum atomic E-state index is -5.08. The molecule has 1 fully saturated rings. The average molecular weight is 448 g/mol. The first-order valence-corrected chi connectivity index (χ1v) is 11.5. The maximum Gasteiger partial charge on any atom is 0.268 e. The minimum Gasteiger partial charge on any atom is -0.756 e. The van der Waals surface area contributed by atoms with E-state index in [1.165, 1.54) is 0 Å². The largest absolute Gasteiger partial charge is 0.756 e. The van der Waals surface area contributed by atoms with Crippen LogP contribution < -0.4 is 9.79 Å². The molecule has 1 aromatic rings. The van der Waals surface area contributed by atoms with Crippen LogP contribution in [0.15, 0.2) is 36.9 Å². The van der Waals surface area contributed by atoms with Gasteiger partial charge in [-0.15, -0.1) is 0 Å². The van der Waals surface area contributed by atoms with E-state index in [2.05, 4.69) is 15.6 Å². The van der Waals surface area contributed by atoms with Gasteiger partial charge in [0.15, 0.2) is 0 Å². The monoisotopic (exact) mass is 448 g/mol. The van der Waals surface area contributed by atoms with Gasteiger partial charge >= 0.3 is 0 Å². The highest BCUT2D eigenvalue weighted by molar-refractivity contribution is 7.45. The average Bonchev–Trinajstić information content (AvgIpc) is 2.96. The molecule has 10 nitrogen and oxygen atoms in total. The van der Waals surface area contributed by atoms with Crippen LogP contribution in [-0.4, -0.2) is 50.8 Å². The first-order valence-electron chi connectivity index (χ1n) is 8.58. The number of phosphoric acid groups is 2. The molecule has 0 spiro atoms. The van der Waals surface area contributed by atoms with Gasteiger partial charge in [-0.1, -0.05) is 50.8 Å². The molecule has 1 saturated heterocycles. The zero-order valence-electron chi connectivity index (χ0n) is 16.2. The zero-order valence-corrected chi connectivity index (χ0v) is 18.0. The summed E-state index contributed by atoms with van der Waals surface area (Å²) in [4.78, 5) is 31.3. The van der Waals surface area contributed by atoms with Crippen molar-refractivity contribution in [1.82, 2.24) is 0 Å². The van der Waals surface area contributed by atoms with Crippen molar-refractivity contribution in [2.45, 2.75) is 38.2 Å². The third-order valence-electron chi connectivity index (χ3n) is 3.60. The molecule has 0 aliphatic carbocycles. The summed E-state index contributed by atoms with van der Waals surface area (Å²) in [7, 11) is -3.14. The molecule has 0 bridgehead atoms. The van der Waals surface area contributed by atoms with Crippen molar-refractivity contribution in [1.29, 1.82) is 0 Å². The molecule has 0 aromatic heterocycles. The van der Waals surface area contributed by atoms with Gasteiger partial charge in [0.2, 0.25) is 0 Å². The smallest absolute Gasteiger partial charge is 0.268 e. The van der Waals surface area contributed by atoms with E-state index in [9.17, 15) is 18.9 Å². The fraction of sp³-hybridized carbons (Fsp3) is 0.500. The molecule has 162 valence electrons. The van der Waals surface area contributed by atoms with Crippen LogP contribution in [0.4, 0.5) is 0 Å². The highest BCUT2D eigenvalue weighted by atomic mass is 31.2. The van der Waals surface area contributed by atoms with Gasteiger partial charge in [-0.25, -0.2) is 0 Å². The van der Waals surface area contributed by atoms with E-state index in [1.54, 1.807) is 30.3 Å². The van der Waals surface area contributed by atoms with Gasteiger partial charge in [0, 0.05) is 12.7 Å². The number of hydrogen-bond donors (Lipinski definition) is 1. The normalized spacial score (nSPS) is 27.8. The summed E-state index contributed by atoms with van der Waals surface area (Å²) in [5.74, 6) is 0.157. The first kappa shape index (κ1) is 26.0. The number of phosphoric ester groups is 2. The summed E-state index contributed by atoms with van der Waals surface area (Å²) >= 11 is 0. The summed E-state index contributed by atoms with van der Waals surface area (Å²) in [5, 5.41) is 0. The second-order valence-corrected chi connectivity index (χ2v) is 8.14. The zero-order chi connectivity index (χ0) is 22.2. The molecule has 6 atom stereocenters. The molecule has 1 aliphatic rings. The van der Waals surface area contributed by atoms with Gasteiger partial charge in [-0.2, -0.15) is 0 Å². The van der Waals surface area contributed by atoms with Crippen molar-refractivity contribution in [2.24, 2.45) is 0 Å². The minimum absolute atomic E-state index is 0.157. The van der Waals surface area contributed by atoms with Gasteiger partial charge in [-0.3, -0.25) is 9.13 Å². The molecule has 1 N–H and O–H groups in total. The molecule has 2 radical (unpaired) electrons. The van der Waals surface area contributed by atoms with Crippen molar-refractivity contribution in [3.63, 3.8) is 0 Å². The van der Waals surface area contributed by atoms with Crippen molar-refractivity contribution in [2.75, 3.05) is 13.7 Å². The summed E-state index contributed by atoms with van der Waals surface area (Å²) in [6.07, 6.45) is -3.90. The van der Waals surface area contributed by atoms with E-state index in [4.69, 9.17) is 26.7 Å². The second kappa shape index (κ2) is 11.4. The van der Waals surface area contributed by atoms with Crippen LogP contribution in [0, 0.1) is 0 Å². The molecule has 1 heterocycles. The molecule has 0 saturated carbocycles. The molecule has 13 heteroatoms. The first-order chi connectivity index (χ1) is 13.5. The maximum absolute atomic E-state index is 11.7. The SMILES string of the molecule is CC.[B][C@@H]1O[C@H](COP(=O)([O-])O)C(OP(=O)([O-])OC)[C@@H]1OC(=C)c1ccccc1. The quantitative estimate of drug-likeness (QED) is 0.329. The number of rotatable bonds is 9. The van der Waals surface area contributed by atoms with Gasteiger partial charge in [0.25, 0.3) is 15.6 Å². The molecule has 1 aliphatic heterocycles. The lowest BCUT2D eigenvalue weighted by atomic mass is 9.92. The molecular weight excluding hydrogens is 425 g/mol. The Morgan fingerprint density at radius 1 is 1.24 bits per heavy atom. The Hall–Kier alpha value is -0.995. The van der Waals surface area contributed by atoms with Crippen molar-refractivity contribution in [3.05, 3.63) is 42.5 Å². The van der Waals surface area contributed by atoms with Crippen LogP contribution in [0.3, 0.4) is 0 Å². The highest BCUT2D eigenvalue weighted by Crippen LogP contribution is 2.44. The van der Waals surface area contributed by atoms with Gasteiger partial charge < -0.3 is 37.7 Å². The summed E-state index contributed by atoms with van der Waals surface area (Å²) in [6, 6.07) is 7.46.